The van der Waals surface area contributed by atoms with Crippen molar-refractivity contribution in [1.29, 1.82) is 0 Å². The van der Waals surface area contributed by atoms with Crippen LogP contribution in [0.15, 0.2) is 0 Å². The van der Waals surface area contributed by atoms with Crippen molar-refractivity contribution in [2.45, 2.75) is 57.6 Å². The molecule has 5 nitrogen and oxygen atoms in total. The third kappa shape index (κ3) is 3.47. The fraction of sp³-hybridized carbons (Fsp3) is 0.857. The van der Waals surface area contributed by atoms with Crippen molar-refractivity contribution in [2.24, 2.45) is 5.92 Å². The first-order valence-electron chi connectivity index (χ1n) is 7.25. The molecule has 2 fully saturated rings. The molecule has 2 aliphatic rings. The second-order valence-corrected chi connectivity index (χ2v) is 5.56. The number of carbonyl (C=O) groups is 2. The normalized spacial score (nSPS) is 30.8. The van der Waals surface area contributed by atoms with E-state index in [-0.39, 0.29) is 5.91 Å². The van der Waals surface area contributed by atoms with Crippen LogP contribution in [0.4, 0.5) is 0 Å². The van der Waals surface area contributed by atoms with E-state index in [1.807, 2.05) is 6.92 Å². The van der Waals surface area contributed by atoms with Crippen LogP contribution in [0.25, 0.3) is 0 Å². The number of hydrogen-bond acceptors (Lipinski definition) is 3. The first-order chi connectivity index (χ1) is 9.11. The van der Waals surface area contributed by atoms with Crippen molar-refractivity contribution in [3.8, 4) is 0 Å². The molecule has 108 valence electrons. The van der Waals surface area contributed by atoms with Gasteiger partial charge in [0.05, 0.1) is 6.10 Å². The molecule has 1 unspecified atom stereocenters. The van der Waals surface area contributed by atoms with Crippen LogP contribution in [-0.2, 0) is 14.3 Å². The standard InChI is InChI=1S/C14H23NO4/c1-2-19-11-7-10(8-11)9-13(16)15-6-4-3-5-12(15)14(17)18/h10-12H,2-9H2,1H3,(H,17,18). The number of amides is 1. The van der Waals surface area contributed by atoms with Gasteiger partial charge in [-0.2, -0.15) is 0 Å². The Morgan fingerprint density at radius 2 is 2.05 bits per heavy atom. The highest BCUT2D eigenvalue weighted by Gasteiger charge is 2.36. The number of aliphatic carboxylic acids is 1. The minimum absolute atomic E-state index is 0.00653. The Balaban J connectivity index is 1.80. The molecule has 1 saturated heterocycles. The number of likely N-dealkylation sites (tertiary alicyclic amines) is 1. The Morgan fingerprint density at radius 3 is 2.68 bits per heavy atom. The van der Waals surface area contributed by atoms with Crippen molar-refractivity contribution in [2.75, 3.05) is 13.2 Å². The van der Waals surface area contributed by atoms with E-state index in [0.717, 1.165) is 32.3 Å². The quantitative estimate of drug-likeness (QED) is 0.824. The molecule has 1 aliphatic heterocycles. The molecular weight excluding hydrogens is 246 g/mol. The average Bonchev–Trinajstić information content (AvgIpc) is 2.36. The van der Waals surface area contributed by atoms with E-state index in [9.17, 15) is 9.59 Å². The zero-order chi connectivity index (χ0) is 13.8. The smallest absolute Gasteiger partial charge is 0.326 e. The molecule has 1 aliphatic carbocycles. The van der Waals surface area contributed by atoms with Gasteiger partial charge in [0, 0.05) is 19.6 Å². The van der Waals surface area contributed by atoms with Crippen molar-refractivity contribution in [3.05, 3.63) is 0 Å². The third-order valence-electron chi connectivity index (χ3n) is 4.17. The van der Waals surface area contributed by atoms with Gasteiger partial charge in [0.25, 0.3) is 0 Å². The zero-order valence-corrected chi connectivity index (χ0v) is 11.5. The molecule has 0 aromatic carbocycles. The molecule has 1 atom stereocenters. The highest BCUT2D eigenvalue weighted by molar-refractivity contribution is 5.84. The van der Waals surface area contributed by atoms with Gasteiger partial charge < -0.3 is 14.7 Å². The van der Waals surface area contributed by atoms with E-state index in [1.54, 1.807) is 4.90 Å². The molecular formula is C14H23NO4. The van der Waals surface area contributed by atoms with Gasteiger partial charge in [-0.25, -0.2) is 4.79 Å². The van der Waals surface area contributed by atoms with E-state index in [4.69, 9.17) is 9.84 Å². The van der Waals surface area contributed by atoms with Crippen LogP contribution in [0.3, 0.4) is 0 Å². The Kier molecular flexibility index (Phi) is 4.80. The number of ether oxygens (including phenoxy) is 1. The molecule has 1 N–H and O–H groups in total. The summed E-state index contributed by atoms with van der Waals surface area (Å²) in [5.41, 5.74) is 0. The number of piperidine rings is 1. The maximum absolute atomic E-state index is 12.2. The van der Waals surface area contributed by atoms with Gasteiger partial charge in [0.15, 0.2) is 0 Å². The van der Waals surface area contributed by atoms with Crippen LogP contribution in [0, 0.1) is 5.92 Å². The number of carboxylic acids is 1. The fourth-order valence-corrected chi connectivity index (χ4v) is 3.06. The van der Waals surface area contributed by atoms with Crippen molar-refractivity contribution in [1.82, 2.24) is 4.90 Å². The molecule has 0 aromatic heterocycles. The summed E-state index contributed by atoms with van der Waals surface area (Å²) >= 11 is 0. The summed E-state index contributed by atoms with van der Waals surface area (Å²) in [5.74, 6) is -0.485. The molecule has 1 heterocycles. The van der Waals surface area contributed by atoms with Crippen LogP contribution < -0.4 is 0 Å². The van der Waals surface area contributed by atoms with Gasteiger partial charge >= 0.3 is 5.97 Å². The van der Waals surface area contributed by atoms with Crippen LogP contribution in [0.1, 0.15) is 45.4 Å². The van der Waals surface area contributed by atoms with E-state index >= 15 is 0 Å². The fourth-order valence-electron chi connectivity index (χ4n) is 3.06. The van der Waals surface area contributed by atoms with E-state index in [2.05, 4.69) is 0 Å². The molecule has 1 saturated carbocycles. The lowest BCUT2D eigenvalue weighted by Crippen LogP contribution is -2.49. The predicted molar refractivity (Wildman–Crippen MR) is 69.7 cm³/mol. The maximum atomic E-state index is 12.2. The molecule has 19 heavy (non-hydrogen) atoms. The summed E-state index contributed by atoms with van der Waals surface area (Å²) in [5, 5.41) is 9.16. The second-order valence-electron chi connectivity index (χ2n) is 5.56. The molecule has 0 bridgehead atoms. The molecule has 2 rings (SSSR count). The van der Waals surface area contributed by atoms with Gasteiger partial charge in [-0.1, -0.05) is 0 Å². The average molecular weight is 269 g/mol. The lowest BCUT2D eigenvalue weighted by Gasteiger charge is -2.38. The topological polar surface area (TPSA) is 66.8 Å². The summed E-state index contributed by atoms with van der Waals surface area (Å²) in [4.78, 5) is 24.9. The maximum Gasteiger partial charge on any atom is 0.326 e. The number of nitrogens with zero attached hydrogens (tertiary/aromatic N) is 1. The van der Waals surface area contributed by atoms with Gasteiger partial charge in [0.2, 0.25) is 5.91 Å². The van der Waals surface area contributed by atoms with Crippen molar-refractivity contribution >= 4 is 11.9 Å². The lowest BCUT2D eigenvalue weighted by molar-refractivity contribution is -0.153. The van der Waals surface area contributed by atoms with E-state index in [0.29, 0.717) is 31.4 Å². The number of carboxylic acid groups (broad SMARTS) is 1. The first-order valence-corrected chi connectivity index (χ1v) is 7.25. The minimum Gasteiger partial charge on any atom is -0.480 e. The molecule has 0 radical (unpaired) electrons. The van der Waals surface area contributed by atoms with Gasteiger partial charge in [0.1, 0.15) is 6.04 Å². The number of hydrogen-bond donors (Lipinski definition) is 1. The Morgan fingerprint density at radius 1 is 1.32 bits per heavy atom. The summed E-state index contributed by atoms with van der Waals surface area (Å²) in [7, 11) is 0. The third-order valence-corrected chi connectivity index (χ3v) is 4.17. The summed E-state index contributed by atoms with van der Waals surface area (Å²) < 4.78 is 5.48. The minimum atomic E-state index is -0.867. The van der Waals surface area contributed by atoms with Gasteiger partial charge in [-0.3, -0.25) is 4.79 Å². The monoisotopic (exact) mass is 269 g/mol. The molecule has 0 aromatic rings. The molecule has 0 spiro atoms. The van der Waals surface area contributed by atoms with Crippen LogP contribution >= 0.6 is 0 Å². The van der Waals surface area contributed by atoms with Gasteiger partial charge in [-0.05, 0) is 44.9 Å². The number of rotatable bonds is 5. The molecule has 5 heteroatoms. The van der Waals surface area contributed by atoms with Gasteiger partial charge in [-0.15, -0.1) is 0 Å². The second kappa shape index (κ2) is 6.37. The number of carbonyl (C=O) groups excluding carboxylic acids is 1. The van der Waals surface area contributed by atoms with Crippen molar-refractivity contribution in [3.63, 3.8) is 0 Å². The Bertz CT molecular complexity index is 338. The Hall–Kier alpha value is -1.10. The Labute approximate surface area is 113 Å². The summed E-state index contributed by atoms with van der Waals surface area (Å²) in [6.45, 7) is 3.29. The zero-order valence-electron chi connectivity index (χ0n) is 11.5. The van der Waals surface area contributed by atoms with Crippen LogP contribution in [0.2, 0.25) is 0 Å². The SMILES string of the molecule is CCOC1CC(CC(=O)N2CCCCC2C(=O)O)C1. The first kappa shape index (κ1) is 14.3. The van der Waals surface area contributed by atoms with Crippen molar-refractivity contribution < 1.29 is 19.4 Å². The van der Waals surface area contributed by atoms with E-state index in [1.165, 1.54) is 0 Å². The highest BCUT2D eigenvalue weighted by Crippen LogP contribution is 2.33. The summed E-state index contributed by atoms with van der Waals surface area (Å²) in [6, 6.07) is -0.607. The van der Waals surface area contributed by atoms with Crippen LogP contribution in [-0.4, -0.2) is 47.2 Å². The van der Waals surface area contributed by atoms with E-state index < -0.39 is 12.0 Å². The summed E-state index contributed by atoms with van der Waals surface area (Å²) in [6.07, 6.45) is 5.06. The molecule has 1 amide bonds. The lowest BCUT2D eigenvalue weighted by atomic mass is 9.79. The van der Waals surface area contributed by atoms with Crippen LogP contribution in [0.5, 0.6) is 0 Å². The predicted octanol–water partition coefficient (Wildman–Crippen LogP) is 1.66. The largest absolute Gasteiger partial charge is 0.480 e. The highest BCUT2D eigenvalue weighted by atomic mass is 16.5.